The Bertz CT molecular complexity index is 739. The number of hydrogen-bond donors (Lipinski definition) is 2. The first kappa shape index (κ1) is 16.6. The summed E-state index contributed by atoms with van der Waals surface area (Å²) in [5, 5.41) is 5.80. The topological polar surface area (TPSA) is 58.2 Å². The molecule has 0 saturated heterocycles. The van der Waals surface area contributed by atoms with Crippen molar-refractivity contribution in [1.82, 2.24) is 5.32 Å². The van der Waals surface area contributed by atoms with Crippen LogP contribution in [0.5, 0.6) is 0 Å². The molecule has 0 radical (unpaired) electrons. The summed E-state index contributed by atoms with van der Waals surface area (Å²) in [6, 6.07) is 14.9. The monoisotopic (exact) mass is 340 g/mol. The van der Waals surface area contributed by atoms with Crippen molar-refractivity contribution >= 4 is 29.3 Å². The fourth-order valence-electron chi connectivity index (χ4n) is 2.36. The number of carbonyl (C=O) groups excluding carboxylic acids is 2. The first-order chi connectivity index (χ1) is 11.7. The Labute approximate surface area is 146 Å². The lowest BCUT2D eigenvalue weighted by Crippen LogP contribution is -2.25. The van der Waals surface area contributed by atoms with Crippen LogP contribution >= 0.6 is 11.8 Å². The summed E-state index contributed by atoms with van der Waals surface area (Å²) in [6.45, 7) is 0. The Hall–Kier alpha value is -2.27. The minimum atomic E-state index is -0.176. The van der Waals surface area contributed by atoms with Gasteiger partial charge in [-0.1, -0.05) is 18.2 Å². The summed E-state index contributed by atoms with van der Waals surface area (Å²) >= 11 is 1.75. The lowest BCUT2D eigenvalue weighted by molar-refractivity contribution is 0.0949. The van der Waals surface area contributed by atoms with E-state index in [4.69, 9.17) is 0 Å². The summed E-state index contributed by atoms with van der Waals surface area (Å²) < 4.78 is 0. The third-order valence-corrected chi connectivity index (χ3v) is 4.44. The van der Waals surface area contributed by atoms with E-state index in [9.17, 15) is 9.59 Å². The molecule has 4 nitrogen and oxygen atoms in total. The number of benzene rings is 2. The molecule has 1 saturated carbocycles. The zero-order chi connectivity index (χ0) is 16.9. The van der Waals surface area contributed by atoms with Crippen LogP contribution in [0.1, 0.15) is 39.1 Å². The van der Waals surface area contributed by atoms with E-state index in [1.165, 1.54) is 5.56 Å². The van der Waals surface area contributed by atoms with E-state index in [1.54, 1.807) is 36.0 Å². The second-order valence-electron chi connectivity index (χ2n) is 5.91. The summed E-state index contributed by atoms with van der Waals surface area (Å²) in [5.74, 6) is 0.667. The molecular weight excluding hydrogens is 320 g/mol. The Morgan fingerprint density at radius 1 is 1.04 bits per heavy atom. The average molecular weight is 340 g/mol. The number of carbonyl (C=O) groups is 2. The van der Waals surface area contributed by atoms with Gasteiger partial charge in [0.2, 0.25) is 0 Å². The standard InChI is InChI=1S/C19H20N2O2S/c1-24-12-13-5-7-14(8-6-13)18(22)21-17-4-2-3-15(11-17)19(23)20-16-9-10-16/h2-8,11,16H,9-10,12H2,1H3,(H,20,23)(H,21,22). The number of anilines is 1. The molecule has 2 aromatic carbocycles. The van der Waals surface area contributed by atoms with Crippen LogP contribution in [0.3, 0.4) is 0 Å². The van der Waals surface area contributed by atoms with Gasteiger partial charge in [0.15, 0.2) is 0 Å². The molecule has 1 fully saturated rings. The fourth-order valence-corrected chi connectivity index (χ4v) is 2.88. The van der Waals surface area contributed by atoms with Crippen molar-refractivity contribution in [1.29, 1.82) is 0 Å². The average Bonchev–Trinajstić information content (AvgIpc) is 3.40. The van der Waals surface area contributed by atoms with Crippen LogP contribution in [0.4, 0.5) is 5.69 Å². The normalized spacial score (nSPS) is 13.4. The molecule has 5 heteroatoms. The Kier molecular flexibility index (Phi) is 5.20. The van der Waals surface area contributed by atoms with Crippen molar-refractivity contribution in [3.05, 3.63) is 65.2 Å². The highest BCUT2D eigenvalue weighted by molar-refractivity contribution is 7.97. The highest BCUT2D eigenvalue weighted by Gasteiger charge is 2.23. The predicted octanol–water partition coefficient (Wildman–Crippen LogP) is 3.69. The SMILES string of the molecule is CSCc1ccc(C(=O)Nc2cccc(C(=O)NC3CC3)c2)cc1. The predicted molar refractivity (Wildman–Crippen MR) is 98.5 cm³/mol. The lowest BCUT2D eigenvalue weighted by Gasteiger charge is -2.08. The smallest absolute Gasteiger partial charge is 0.255 e. The van der Waals surface area contributed by atoms with Gasteiger partial charge in [-0.2, -0.15) is 11.8 Å². The molecule has 0 atom stereocenters. The van der Waals surface area contributed by atoms with E-state index >= 15 is 0 Å². The van der Waals surface area contributed by atoms with Crippen molar-refractivity contribution in [3.8, 4) is 0 Å². The Morgan fingerprint density at radius 3 is 2.46 bits per heavy atom. The molecule has 0 aliphatic heterocycles. The molecule has 3 rings (SSSR count). The van der Waals surface area contributed by atoms with Crippen molar-refractivity contribution in [2.24, 2.45) is 0 Å². The molecule has 2 aromatic rings. The van der Waals surface area contributed by atoms with Gasteiger partial charge in [0.25, 0.3) is 11.8 Å². The molecule has 0 heterocycles. The first-order valence-electron chi connectivity index (χ1n) is 7.96. The lowest BCUT2D eigenvalue weighted by atomic mass is 10.1. The Morgan fingerprint density at radius 2 is 1.79 bits per heavy atom. The van der Waals surface area contributed by atoms with Crippen molar-refractivity contribution < 1.29 is 9.59 Å². The second-order valence-corrected chi connectivity index (χ2v) is 6.78. The zero-order valence-electron chi connectivity index (χ0n) is 13.5. The van der Waals surface area contributed by atoms with Gasteiger partial charge in [-0.05, 0) is 55.0 Å². The van der Waals surface area contributed by atoms with Gasteiger partial charge in [-0.3, -0.25) is 9.59 Å². The molecule has 0 aromatic heterocycles. The molecule has 124 valence electrons. The highest BCUT2D eigenvalue weighted by Crippen LogP contribution is 2.20. The molecule has 0 spiro atoms. The Balaban J connectivity index is 1.66. The second kappa shape index (κ2) is 7.53. The molecular formula is C19H20N2O2S. The molecule has 0 bridgehead atoms. The van der Waals surface area contributed by atoms with E-state index in [0.29, 0.717) is 22.9 Å². The van der Waals surface area contributed by atoms with Crippen molar-refractivity contribution in [2.45, 2.75) is 24.6 Å². The van der Waals surface area contributed by atoms with Crippen LogP contribution in [0.2, 0.25) is 0 Å². The summed E-state index contributed by atoms with van der Waals surface area (Å²) in [7, 11) is 0. The van der Waals surface area contributed by atoms with Crippen molar-refractivity contribution in [2.75, 3.05) is 11.6 Å². The largest absolute Gasteiger partial charge is 0.349 e. The summed E-state index contributed by atoms with van der Waals surface area (Å²) in [4.78, 5) is 24.4. The molecule has 0 unspecified atom stereocenters. The van der Waals surface area contributed by atoms with Crippen LogP contribution < -0.4 is 10.6 Å². The van der Waals surface area contributed by atoms with Crippen LogP contribution in [-0.2, 0) is 5.75 Å². The van der Waals surface area contributed by atoms with Crippen LogP contribution in [0.25, 0.3) is 0 Å². The maximum absolute atomic E-state index is 12.3. The number of hydrogen-bond acceptors (Lipinski definition) is 3. The van der Waals surface area contributed by atoms with E-state index in [0.717, 1.165) is 18.6 Å². The van der Waals surface area contributed by atoms with Gasteiger partial charge in [0.1, 0.15) is 0 Å². The molecule has 1 aliphatic carbocycles. The van der Waals surface area contributed by atoms with Crippen LogP contribution in [0.15, 0.2) is 48.5 Å². The number of nitrogens with one attached hydrogen (secondary N) is 2. The van der Waals surface area contributed by atoms with E-state index in [2.05, 4.69) is 10.6 Å². The van der Waals surface area contributed by atoms with Crippen LogP contribution in [0, 0.1) is 0 Å². The molecule has 1 aliphatic rings. The van der Waals surface area contributed by atoms with Gasteiger partial charge in [-0.25, -0.2) is 0 Å². The number of rotatable bonds is 6. The number of thioether (sulfide) groups is 1. The van der Waals surface area contributed by atoms with Gasteiger partial charge in [-0.15, -0.1) is 0 Å². The zero-order valence-corrected chi connectivity index (χ0v) is 14.4. The van der Waals surface area contributed by atoms with E-state index < -0.39 is 0 Å². The van der Waals surface area contributed by atoms with Crippen LogP contribution in [-0.4, -0.2) is 24.1 Å². The van der Waals surface area contributed by atoms with Gasteiger partial charge < -0.3 is 10.6 Å². The first-order valence-corrected chi connectivity index (χ1v) is 9.35. The van der Waals surface area contributed by atoms with E-state index in [-0.39, 0.29) is 11.8 Å². The maximum atomic E-state index is 12.3. The van der Waals surface area contributed by atoms with Gasteiger partial charge >= 0.3 is 0 Å². The maximum Gasteiger partial charge on any atom is 0.255 e. The summed E-state index contributed by atoms with van der Waals surface area (Å²) in [6.07, 6.45) is 4.15. The molecule has 24 heavy (non-hydrogen) atoms. The molecule has 2 N–H and O–H groups in total. The quantitative estimate of drug-likeness (QED) is 0.843. The van der Waals surface area contributed by atoms with Gasteiger partial charge in [0.05, 0.1) is 0 Å². The minimum Gasteiger partial charge on any atom is -0.349 e. The minimum absolute atomic E-state index is 0.0879. The van der Waals surface area contributed by atoms with Gasteiger partial charge in [0, 0.05) is 28.6 Å². The molecule has 2 amide bonds. The summed E-state index contributed by atoms with van der Waals surface area (Å²) in [5.41, 5.74) is 2.98. The number of amides is 2. The fraction of sp³-hybridized carbons (Fsp3) is 0.263. The third kappa shape index (κ3) is 4.38. The third-order valence-electron chi connectivity index (χ3n) is 3.82. The highest BCUT2D eigenvalue weighted by atomic mass is 32.2. The van der Waals surface area contributed by atoms with Crippen molar-refractivity contribution in [3.63, 3.8) is 0 Å². The van der Waals surface area contributed by atoms with E-state index in [1.807, 2.05) is 30.5 Å².